The molecule has 1 fully saturated rings. The Morgan fingerprint density at radius 3 is 2.83 bits per heavy atom. The Balaban J connectivity index is 1.72. The summed E-state index contributed by atoms with van der Waals surface area (Å²) in [6, 6.07) is 7.92. The van der Waals surface area contributed by atoms with Crippen LogP contribution in [0.1, 0.15) is 12.0 Å². The maximum atomic E-state index is 12.5. The van der Waals surface area contributed by atoms with Crippen LogP contribution in [0.3, 0.4) is 0 Å². The van der Waals surface area contributed by atoms with E-state index >= 15 is 0 Å². The molecule has 2 aliphatic heterocycles. The van der Waals surface area contributed by atoms with Gasteiger partial charge in [-0.3, -0.25) is 9.59 Å². The van der Waals surface area contributed by atoms with Crippen LogP contribution in [0.25, 0.3) is 6.08 Å². The minimum absolute atomic E-state index is 0.0411. The van der Waals surface area contributed by atoms with Crippen LogP contribution in [-0.4, -0.2) is 17.6 Å². The first-order chi connectivity index (χ1) is 11.7. The van der Waals surface area contributed by atoms with Gasteiger partial charge in [0, 0.05) is 28.6 Å². The van der Waals surface area contributed by atoms with Gasteiger partial charge in [0.2, 0.25) is 0 Å². The van der Waals surface area contributed by atoms with Gasteiger partial charge in [0.15, 0.2) is 5.78 Å². The molecule has 0 aromatic heterocycles. The fourth-order valence-corrected chi connectivity index (χ4v) is 3.49. The first-order valence-electron chi connectivity index (χ1n) is 7.77. The second kappa shape index (κ2) is 5.80. The average Bonchev–Trinajstić information content (AvgIpc) is 2.95. The van der Waals surface area contributed by atoms with Gasteiger partial charge in [0.1, 0.15) is 0 Å². The summed E-state index contributed by atoms with van der Waals surface area (Å²) in [5.74, 6) is -0.387. The van der Waals surface area contributed by atoms with Gasteiger partial charge in [-0.05, 0) is 35.8 Å². The molecule has 120 valence electrons. The van der Waals surface area contributed by atoms with Gasteiger partial charge in [-0.25, -0.2) is 0 Å². The van der Waals surface area contributed by atoms with Gasteiger partial charge in [0.25, 0.3) is 5.91 Å². The number of benzene rings is 1. The van der Waals surface area contributed by atoms with E-state index < -0.39 is 0 Å². The van der Waals surface area contributed by atoms with Crippen LogP contribution in [0, 0.1) is 5.92 Å². The van der Waals surface area contributed by atoms with Crippen molar-refractivity contribution in [3.63, 3.8) is 0 Å². The van der Waals surface area contributed by atoms with Crippen LogP contribution >= 0.6 is 11.6 Å². The van der Waals surface area contributed by atoms with E-state index in [0.717, 1.165) is 22.6 Å². The number of carbonyl (C=O) groups excluding carboxylic acids is 2. The Labute approximate surface area is 144 Å². The molecule has 1 unspecified atom stereocenters. The summed E-state index contributed by atoms with van der Waals surface area (Å²) in [4.78, 5) is 24.4. The minimum Gasteiger partial charge on any atom is -0.355 e. The largest absolute Gasteiger partial charge is 0.355 e. The fraction of sp³-hybridized carbons (Fsp3) is 0.158. The highest BCUT2D eigenvalue weighted by Crippen LogP contribution is 2.38. The van der Waals surface area contributed by atoms with E-state index in [2.05, 4.69) is 10.6 Å². The first kappa shape index (κ1) is 15.0. The zero-order chi connectivity index (χ0) is 16.7. The standard InChI is InChI=1S/C19H15ClN2O2/c20-10-17(23)12-6-7-15-13(9-12)18(19(24)22-15)16-8-5-11-3-1-2-4-14(11)21-16/h1-8,13,21H,9-10H2,(H,22,24). The van der Waals surface area contributed by atoms with Crippen LogP contribution in [0.4, 0.5) is 5.69 Å². The highest BCUT2D eigenvalue weighted by Gasteiger charge is 2.38. The quantitative estimate of drug-likeness (QED) is 0.643. The number of Topliss-reactive ketones (excluding diaryl/α,β-unsaturated/α-hetero) is 1. The molecule has 4 rings (SSSR count). The zero-order valence-electron chi connectivity index (χ0n) is 12.8. The van der Waals surface area contributed by atoms with Gasteiger partial charge in [0.05, 0.1) is 5.88 Å². The second-order valence-electron chi connectivity index (χ2n) is 5.95. The summed E-state index contributed by atoms with van der Waals surface area (Å²) in [5.41, 5.74) is 4.99. The number of carbonyl (C=O) groups is 2. The lowest BCUT2D eigenvalue weighted by atomic mass is 9.85. The predicted molar refractivity (Wildman–Crippen MR) is 94.3 cm³/mol. The third-order valence-electron chi connectivity index (χ3n) is 4.54. The van der Waals surface area contributed by atoms with Crippen molar-refractivity contribution in [2.45, 2.75) is 6.42 Å². The lowest BCUT2D eigenvalue weighted by Crippen LogP contribution is -2.17. The number of ketones is 1. The number of rotatable bonds is 2. The molecule has 1 atom stereocenters. The highest BCUT2D eigenvalue weighted by atomic mass is 35.5. The summed E-state index contributed by atoms with van der Waals surface area (Å²) in [7, 11) is 0. The van der Waals surface area contributed by atoms with Crippen molar-refractivity contribution in [1.82, 2.24) is 5.32 Å². The lowest BCUT2D eigenvalue weighted by molar-refractivity contribution is -0.116. The maximum Gasteiger partial charge on any atom is 0.254 e. The van der Waals surface area contributed by atoms with Gasteiger partial charge in [-0.2, -0.15) is 0 Å². The zero-order valence-corrected chi connectivity index (χ0v) is 13.6. The van der Waals surface area contributed by atoms with Crippen molar-refractivity contribution in [3.05, 3.63) is 70.6 Å². The molecule has 2 N–H and O–H groups in total. The Bertz CT molecular complexity index is 877. The number of hydrogen-bond donors (Lipinski definition) is 2. The average molecular weight is 339 g/mol. The predicted octanol–water partition coefficient (Wildman–Crippen LogP) is 3.15. The highest BCUT2D eigenvalue weighted by molar-refractivity contribution is 6.30. The molecule has 1 saturated heterocycles. The van der Waals surface area contributed by atoms with Crippen LogP contribution in [0.5, 0.6) is 0 Å². The van der Waals surface area contributed by atoms with Crippen LogP contribution in [0.2, 0.25) is 0 Å². The van der Waals surface area contributed by atoms with Crippen LogP contribution in [-0.2, 0) is 9.59 Å². The summed E-state index contributed by atoms with van der Waals surface area (Å²) in [6.07, 6.45) is 7.96. The molecule has 2 heterocycles. The lowest BCUT2D eigenvalue weighted by Gasteiger charge is -2.21. The molecule has 0 radical (unpaired) electrons. The van der Waals surface area contributed by atoms with Crippen molar-refractivity contribution in [2.24, 2.45) is 5.92 Å². The number of fused-ring (bicyclic) bond motifs is 2. The molecule has 1 amide bonds. The Morgan fingerprint density at radius 2 is 2.00 bits per heavy atom. The summed E-state index contributed by atoms with van der Waals surface area (Å²) < 4.78 is 0. The van der Waals surface area contributed by atoms with Gasteiger partial charge in [-0.1, -0.05) is 30.4 Å². The maximum absolute atomic E-state index is 12.5. The summed E-state index contributed by atoms with van der Waals surface area (Å²) in [6.45, 7) is 0. The Kier molecular flexibility index (Phi) is 3.62. The molecule has 0 saturated carbocycles. The number of amides is 1. The molecule has 1 aromatic rings. The normalized spacial score (nSPS) is 24.4. The molecule has 24 heavy (non-hydrogen) atoms. The number of alkyl halides is 1. The third-order valence-corrected chi connectivity index (χ3v) is 4.79. The molecular weight excluding hydrogens is 324 g/mol. The van der Waals surface area contributed by atoms with Crippen molar-refractivity contribution < 1.29 is 9.59 Å². The molecule has 1 aromatic carbocycles. The molecule has 0 spiro atoms. The SMILES string of the molecule is O=C(CCl)C1=CC=C2NC(=O)C(=C3C=Cc4ccccc4N3)C2C1. The van der Waals surface area contributed by atoms with Crippen molar-refractivity contribution in [1.29, 1.82) is 0 Å². The van der Waals surface area contributed by atoms with E-state index in [0.29, 0.717) is 17.6 Å². The second-order valence-corrected chi connectivity index (χ2v) is 6.22. The minimum atomic E-state index is -0.137. The monoisotopic (exact) mass is 338 g/mol. The first-order valence-corrected chi connectivity index (χ1v) is 8.30. The van der Waals surface area contributed by atoms with Gasteiger partial charge < -0.3 is 10.6 Å². The number of halogens is 1. The third kappa shape index (κ3) is 2.39. The van der Waals surface area contributed by atoms with Crippen LogP contribution in [0.15, 0.2) is 65.0 Å². The summed E-state index contributed by atoms with van der Waals surface area (Å²) >= 11 is 5.67. The van der Waals surface area contributed by atoms with E-state index in [1.54, 1.807) is 12.2 Å². The topological polar surface area (TPSA) is 58.2 Å². The molecule has 3 aliphatic rings. The fourth-order valence-electron chi connectivity index (χ4n) is 3.32. The van der Waals surface area contributed by atoms with Gasteiger partial charge in [-0.15, -0.1) is 11.6 Å². The Morgan fingerprint density at radius 1 is 1.17 bits per heavy atom. The van der Waals surface area contributed by atoms with Crippen molar-refractivity contribution >= 4 is 35.1 Å². The number of nitrogens with one attached hydrogen (secondary N) is 2. The van der Waals surface area contributed by atoms with E-state index in [1.807, 2.05) is 36.4 Å². The number of hydrogen-bond acceptors (Lipinski definition) is 3. The smallest absolute Gasteiger partial charge is 0.254 e. The van der Waals surface area contributed by atoms with E-state index in [-0.39, 0.29) is 23.5 Å². The number of anilines is 1. The van der Waals surface area contributed by atoms with E-state index in [4.69, 9.17) is 11.6 Å². The van der Waals surface area contributed by atoms with E-state index in [1.165, 1.54) is 0 Å². The van der Waals surface area contributed by atoms with Crippen molar-refractivity contribution in [2.75, 3.05) is 11.2 Å². The number of para-hydroxylation sites is 1. The Hall–Kier alpha value is -2.59. The van der Waals surface area contributed by atoms with Crippen molar-refractivity contribution in [3.8, 4) is 0 Å². The molecule has 4 nitrogen and oxygen atoms in total. The summed E-state index contributed by atoms with van der Waals surface area (Å²) in [5, 5.41) is 6.24. The van der Waals surface area contributed by atoms with Gasteiger partial charge >= 0.3 is 0 Å². The number of allylic oxidation sites excluding steroid dienone is 5. The molecular formula is C19H15ClN2O2. The van der Waals surface area contributed by atoms with Crippen LogP contribution < -0.4 is 10.6 Å². The molecule has 1 aliphatic carbocycles. The molecule has 5 heteroatoms. The van der Waals surface area contributed by atoms with E-state index in [9.17, 15) is 9.59 Å². The molecule has 0 bridgehead atoms.